The second-order valence-corrected chi connectivity index (χ2v) is 15.3. The Balaban J connectivity index is 3.62. The van der Waals surface area contributed by atoms with Crippen LogP contribution in [0.25, 0.3) is 0 Å². The van der Waals surface area contributed by atoms with E-state index in [1.165, 1.54) is 70.6 Å². The van der Waals surface area contributed by atoms with Gasteiger partial charge in [-0.15, -0.1) is 0 Å². The van der Waals surface area contributed by atoms with Gasteiger partial charge in [0.05, 0.1) is 39.6 Å². The van der Waals surface area contributed by atoms with E-state index in [0.717, 1.165) is 38.5 Å². The van der Waals surface area contributed by atoms with Gasteiger partial charge >= 0.3 is 11.9 Å². The van der Waals surface area contributed by atoms with Gasteiger partial charge in [0.25, 0.3) is 0 Å². The van der Waals surface area contributed by atoms with Crippen LogP contribution >= 0.6 is 0 Å². The van der Waals surface area contributed by atoms with Crippen molar-refractivity contribution in [1.29, 1.82) is 0 Å². The second kappa shape index (κ2) is 43.8. The fraction of sp³-hybridized carbons (Fsp3) is 0.841. The van der Waals surface area contributed by atoms with E-state index in [4.69, 9.17) is 24.1 Å². The first-order chi connectivity index (χ1) is 30.0. The predicted molar refractivity (Wildman–Crippen MR) is 234 cm³/mol. The van der Waals surface area contributed by atoms with Crippen molar-refractivity contribution < 1.29 is 62.7 Å². The van der Waals surface area contributed by atoms with Crippen LogP contribution in [0.5, 0.6) is 0 Å². The van der Waals surface area contributed by atoms with Gasteiger partial charge in [-0.3, -0.25) is 28.8 Å². The number of nitrogens with one attached hydrogen (secondary N) is 5. The molecule has 18 nitrogen and oxygen atoms in total. The number of carbonyl (C=O) groups excluding carboxylic acids is 5. The van der Waals surface area contributed by atoms with E-state index in [2.05, 4.69) is 26.6 Å². The Hall–Kier alpha value is -3.87. The zero-order valence-corrected chi connectivity index (χ0v) is 37.7. The van der Waals surface area contributed by atoms with Gasteiger partial charge in [-0.05, 0) is 19.3 Å². The van der Waals surface area contributed by atoms with Crippen molar-refractivity contribution in [2.45, 2.75) is 161 Å². The Bertz CT molecular complexity index is 1190. The topological polar surface area (TPSA) is 257 Å². The summed E-state index contributed by atoms with van der Waals surface area (Å²) in [4.78, 5) is 81.4. The highest BCUT2D eigenvalue weighted by molar-refractivity contribution is 5.84. The van der Waals surface area contributed by atoms with Crippen LogP contribution < -0.4 is 26.6 Å². The van der Waals surface area contributed by atoms with Crippen molar-refractivity contribution in [3.8, 4) is 0 Å². The Morgan fingerprint density at radius 2 is 0.774 bits per heavy atom. The molecule has 0 fully saturated rings. The summed E-state index contributed by atoms with van der Waals surface area (Å²) in [5.74, 6) is -3.24. The first kappa shape index (κ1) is 58.1. The Kier molecular flexibility index (Phi) is 41.0. The Labute approximate surface area is 369 Å². The summed E-state index contributed by atoms with van der Waals surface area (Å²) in [5.41, 5.74) is 0. The van der Waals surface area contributed by atoms with Crippen LogP contribution in [0.3, 0.4) is 0 Å². The summed E-state index contributed by atoms with van der Waals surface area (Å²) < 4.78 is 21.2. The van der Waals surface area contributed by atoms with E-state index in [1.807, 2.05) is 0 Å². The molecule has 0 aromatic rings. The summed E-state index contributed by atoms with van der Waals surface area (Å²) >= 11 is 0. The molecule has 0 aromatic heterocycles. The number of amides is 5. The highest BCUT2D eigenvalue weighted by Gasteiger charge is 2.20. The maximum Gasteiger partial charge on any atom is 0.326 e. The molecule has 7 N–H and O–H groups in total. The Morgan fingerprint density at radius 1 is 0.403 bits per heavy atom. The molecule has 0 aliphatic carbocycles. The lowest BCUT2D eigenvalue weighted by Crippen LogP contribution is -2.41. The predicted octanol–water partition coefficient (Wildman–Crippen LogP) is 4.16. The van der Waals surface area contributed by atoms with Gasteiger partial charge in [-0.25, -0.2) is 4.79 Å². The summed E-state index contributed by atoms with van der Waals surface area (Å²) in [6, 6.07) is -1.13. The van der Waals surface area contributed by atoms with Crippen LogP contribution in [0.2, 0.25) is 0 Å². The van der Waals surface area contributed by atoms with Gasteiger partial charge in [-0.2, -0.15) is 0 Å². The number of unbranched alkanes of at least 4 members (excludes halogenated alkanes) is 17. The van der Waals surface area contributed by atoms with Gasteiger partial charge in [0.1, 0.15) is 19.3 Å². The van der Waals surface area contributed by atoms with Crippen LogP contribution in [0.15, 0.2) is 0 Å². The molecule has 0 unspecified atom stereocenters. The standard InChI is InChI=1S/C44H81N5O13/c1-2-38(50)45-25-26-46-41(53)35-61-33-32-60-30-28-48-42(54)36-62-34-31-59-29-27-47-39(51)24-23-37(44(57)58)49-40(52)21-19-17-15-13-11-9-7-5-3-4-6-8-10-12-14-16-18-20-22-43(55)56/h37H,2-36H2,1H3,(H,45,50)(H,46,53)(H,47,51)(H,48,54)(H,49,52)(H,55,56)(H,57,58)/t37-/m0/s1. The van der Waals surface area contributed by atoms with E-state index < -0.39 is 18.0 Å². The molecule has 360 valence electrons. The lowest BCUT2D eigenvalue weighted by molar-refractivity contribution is -0.142. The van der Waals surface area contributed by atoms with Gasteiger partial charge in [0.15, 0.2) is 0 Å². The monoisotopic (exact) mass is 888 g/mol. The fourth-order valence-corrected chi connectivity index (χ4v) is 6.20. The van der Waals surface area contributed by atoms with E-state index >= 15 is 0 Å². The average molecular weight is 888 g/mol. The van der Waals surface area contributed by atoms with Gasteiger partial charge in [0, 0.05) is 51.9 Å². The highest BCUT2D eigenvalue weighted by atomic mass is 16.5. The van der Waals surface area contributed by atoms with E-state index in [1.54, 1.807) is 6.92 Å². The number of hydrogen-bond acceptors (Lipinski definition) is 11. The number of carboxylic acids is 2. The van der Waals surface area contributed by atoms with Crippen LogP contribution in [0.1, 0.15) is 155 Å². The largest absolute Gasteiger partial charge is 0.481 e. The molecule has 0 bridgehead atoms. The SMILES string of the molecule is CCC(=O)NCCNC(=O)COCCOCCNC(=O)COCCOCCNC(=O)CC[C@H](NC(=O)CCCCCCCCCCCCCCCCCCCCC(=O)O)C(=O)O. The van der Waals surface area contributed by atoms with Crippen molar-refractivity contribution in [3.63, 3.8) is 0 Å². The zero-order valence-electron chi connectivity index (χ0n) is 37.7. The van der Waals surface area contributed by atoms with Gasteiger partial charge < -0.3 is 55.7 Å². The summed E-state index contributed by atoms with van der Waals surface area (Å²) in [5, 5.41) is 31.3. The molecule has 0 radical (unpaired) electrons. The van der Waals surface area contributed by atoms with Crippen LogP contribution in [0, 0.1) is 0 Å². The molecule has 62 heavy (non-hydrogen) atoms. The molecule has 0 heterocycles. The van der Waals surface area contributed by atoms with Crippen molar-refractivity contribution in [2.75, 3.05) is 79.0 Å². The molecule has 0 aliphatic rings. The number of carbonyl (C=O) groups is 7. The number of carboxylic acid groups (broad SMARTS) is 2. The normalized spacial score (nSPS) is 11.4. The molecule has 0 saturated carbocycles. The second-order valence-electron chi connectivity index (χ2n) is 15.3. The minimum atomic E-state index is -1.18. The maximum atomic E-state index is 12.4. The van der Waals surface area contributed by atoms with Crippen molar-refractivity contribution in [1.82, 2.24) is 26.6 Å². The number of ether oxygens (including phenoxy) is 4. The first-order valence-electron chi connectivity index (χ1n) is 23.2. The number of aliphatic carboxylic acids is 2. The number of hydrogen-bond donors (Lipinski definition) is 7. The lowest BCUT2D eigenvalue weighted by Gasteiger charge is -2.14. The summed E-state index contributed by atoms with van der Waals surface area (Å²) in [7, 11) is 0. The van der Waals surface area contributed by atoms with Crippen LogP contribution in [-0.2, 0) is 52.5 Å². The molecule has 1 atom stereocenters. The maximum absolute atomic E-state index is 12.4. The fourth-order valence-electron chi connectivity index (χ4n) is 6.20. The summed E-state index contributed by atoms with van der Waals surface area (Å²) in [6.45, 7) is 3.92. The van der Waals surface area contributed by atoms with Crippen LogP contribution in [-0.4, -0.2) is 137 Å². The van der Waals surface area contributed by atoms with Crippen molar-refractivity contribution >= 4 is 41.5 Å². The third-order valence-electron chi connectivity index (χ3n) is 9.78. The first-order valence-corrected chi connectivity index (χ1v) is 23.2. The molecule has 0 aromatic carbocycles. The smallest absolute Gasteiger partial charge is 0.326 e. The minimum Gasteiger partial charge on any atom is -0.481 e. The molecule has 18 heteroatoms. The van der Waals surface area contributed by atoms with Crippen molar-refractivity contribution in [2.24, 2.45) is 0 Å². The molecule has 0 saturated heterocycles. The quantitative estimate of drug-likeness (QED) is 0.0425. The molecular weight excluding hydrogens is 807 g/mol. The molecule has 5 amide bonds. The van der Waals surface area contributed by atoms with E-state index in [9.17, 15) is 38.7 Å². The average Bonchev–Trinajstić information content (AvgIpc) is 3.24. The molecular formula is C44H81N5O13. The van der Waals surface area contributed by atoms with Gasteiger partial charge in [0.2, 0.25) is 29.5 Å². The summed E-state index contributed by atoms with van der Waals surface area (Å²) in [6.07, 6.45) is 21.5. The van der Waals surface area contributed by atoms with Gasteiger partial charge in [-0.1, -0.05) is 110 Å². The molecule has 0 spiro atoms. The highest BCUT2D eigenvalue weighted by Crippen LogP contribution is 2.15. The van der Waals surface area contributed by atoms with E-state index in [-0.39, 0.29) is 115 Å². The lowest BCUT2D eigenvalue weighted by atomic mass is 10.0. The number of rotatable bonds is 46. The Morgan fingerprint density at radius 3 is 1.19 bits per heavy atom. The molecule has 0 rings (SSSR count). The van der Waals surface area contributed by atoms with E-state index in [0.29, 0.717) is 32.4 Å². The minimum absolute atomic E-state index is 0.0208. The molecule has 0 aliphatic heterocycles. The third-order valence-corrected chi connectivity index (χ3v) is 9.78. The van der Waals surface area contributed by atoms with Crippen molar-refractivity contribution in [3.05, 3.63) is 0 Å². The van der Waals surface area contributed by atoms with Crippen LogP contribution in [0.4, 0.5) is 0 Å². The third kappa shape index (κ3) is 42.8. The zero-order chi connectivity index (χ0) is 45.7.